The molecule has 0 aromatic carbocycles. The van der Waals surface area contributed by atoms with E-state index in [4.69, 9.17) is 19.2 Å². The van der Waals surface area contributed by atoms with Crippen LogP contribution in [0.4, 0.5) is 0 Å². The summed E-state index contributed by atoms with van der Waals surface area (Å²) >= 11 is 0. The van der Waals surface area contributed by atoms with Crippen molar-refractivity contribution in [3.05, 3.63) is 0 Å². The third kappa shape index (κ3) is 6.23. The van der Waals surface area contributed by atoms with Crippen molar-refractivity contribution < 1.29 is 23.3 Å². The molecule has 0 spiro atoms. The molecule has 7 heteroatoms. The van der Waals surface area contributed by atoms with Crippen LogP contribution >= 0.6 is 0 Å². The van der Waals surface area contributed by atoms with Crippen LogP contribution in [0, 0.1) is 0 Å². The smallest absolute Gasteiger partial charge is 0.416 e. The Bertz CT molecular complexity index is 44.5. The minimum atomic E-state index is -4.35. The number of hydrogen-bond donors (Lipinski definition) is 4. The van der Waals surface area contributed by atoms with Crippen molar-refractivity contribution in [2.75, 3.05) is 0 Å². The Kier molecular flexibility index (Phi) is 2.60. The largest absolute Gasteiger partial charge is 0.661 e. The van der Waals surface area contributed by atoms with E-state index in [0.717, 1.165) is 0 Å². The van der Waals surface area contributed by atoms with Crippen LogP contribution in [0.5, 0.6) is 0 Å². The lowest BCUT2D eigenvalue weighted by atomic mass is 15.6. The van der Waals surface area contributed by atoms with Crippen molar-refractivity contribution >= 4 is 19.1 Å². The van der Waals surface area contributed by atoms with Gasteiger partial charge in [-0.1, -0.05) is 0 Å². The molecule has 0 bridgehead atoms. The van der Waals surface area contributed by atoms with E-state index in [-0.39, 0.29) is 0 Å². The first-order valence-electron chi connectivity index (χ1n) is 1.48. The highest BCUT2D eigenvalue weighted by Gasteiger charge is 2.29. The zero-order valence-corrected chi connectivity index (χ0v) is 5.82. The van der Waals surface area contributed by atoms with Crippen LogP contribution in [0.2, 0.25) is 0 Å². The van der Waals surface area contributed by atoms with E-state index in [0.29, 0.717) is 0 Å². The Morgan fingerprint density at radius 1 is 1.29 bits per heavy atom. The molecule has 0 radical (unpaired) electrons. The topological polar surface area (TPSA) is 90.2 Å². The van der Waals surface area contributed by atoms with Crippen molar-refractivity contribution in [1.82, 2.24) is 0 Å². The molecule has 0 aliphatic rings. The van der Waals surface area contributed by atoms with Crippen LogP contribution in [-0.2, 0) is 4.12 Å². The summed E-state index contributed by atoms with van der Waals surface area (Å²) in [5.41, 5.74) is 0. The molecular formula is H6O5Si2. The van der Waals surface area contributed by atoms with Gasteiger partial charge in [-0.3, -0.25) is 0 Å². The van der Waals surface area contributed by atoms with Gasteiger partial charge in [0.2, 0.25) is 0 Å². The summed E-state index contributed by atoms with van der Waals surface area (Å²) in [6.07, 6.45) is 0. The van der Waals surface area contributed by atoms with Gasteiger partial charge in [-0.25, -0.2) is 0 Å². The van der Waals surface area contributed by atoms with Gasteiger partial charge in [0.15, 0.2) is 0 Å². The van der Waals surface area contributed by atoms with Crippen LogP contribution in [0.15, 0.2) is 0 Å². The molecule has 0 saturated carbocycles. The highest BCUT2D eigenvalue weighted by molar-refractivity contribution is 6.54. The zero-order valence-electron chi connectivity index (χ0n) is 3.40. The molecule has 44 valence electrons. The molecule has 0 unspecified atom stereocenters. The fourth-order valence-corrected chi connectivity index (χ4v) is 0.779. The number of hydrogen-bond acceptors (Lipinski definition) is 5. The Balaban J connectivity index is 3.15. The third-order valence-electron chi connectivity index (χ3n) is 0.258. The summed E-state index contributed by atoms with van der Waals surface area (Å²) in [7, 11) is -6.22. The monoisotopic (exact) mass is 142 g/mol. The summed E-state index contributed by atoms with van der Waals surface area (Å²) in [6.45, 7) is 0. The first-order chi connectivity index (χ1) is 3.06. The Morgan fingerprint density at radius 2 is 1.71 bits per heavy atom. The first kappa shape index (κ1) is 7.23. The molecule has 0 atom stereocenters. The maximum atomic E-state index is 7.92. The van der Waals surface area contributed by atoms with E-state index in [1.165, 1.54) is 0 Å². The minimum Gasteiger partial charge on any atom is -0.416 e. The fraction of sp³-hybridized carbons (Fsp3) is 0. The van der Waals surface area contributed by atoms with Gasteiger partial charge in [0.25, 0.3) is 10.0 Å². The molecular weight excluding hydrogens is 136 g/mol. The minimum absolute atomic E-state index is 1.88. The lowest BCUT2D eigenvalue weighted by Gasteiger charge is -2.04. The van der Waals surface area contributed by atoms with E-state index < -0.39 is 19.1 Å². The van der Waals surface area contributed by atoms with Gasteiger partial charge in [0.1, 0.15) is 0 Å². The van der Waals surface area contributed by atoms with Crippen LogP contribution in [0.3, 0.4) is 0 Å². The second-order valence-electron chi connectivity index (χ2n) is 0.847. The molecule has 0 aliphatic carbocycles. The first-order valence-corrected chi connectivity index (χ1v) is 4.44. The molecule has 7 heavy (non-hydrogen) atoms. The molecule has 0 fully saturated rings. The average molecular weight is 142 g/mol. The molecule has 0 aromatic rings. The van der Waals surface area contributed by atoms with Gasteiger partial charge in [-0.2, -0.15) is 0 Å². The van der Waals surface area contributed by atoms with Gasteiger partial charge < -0.3 is 23.3 Å². The van der Waals surface area contributed by atoms with E-state index in [9.17, 15) is 0 Å². The van der Waals surface area contributed by atoms with Gasteiger partial charge in [-0.05, 0) is 0 Å². The Labute approximate surface area is 43.4 Å². The molecule has 0 aromatic heterocycles. The van der Waals surface area contributed by atoms with Gasteiger partial charge in [-0.15, -0.1) is 0 Å². The molecule has 0 saturated heterocycles. The SMILES string of the molecule is O[SiH2]O[Si](O)(O)O. The number of rotatable bonds is 2. The van der Waals surface area contributed by atoms with Crippen molar-refractivity contribution in [2.24, 2.45) is 0 Å². The summed E-state index contributed by atoms with van der Waals surface area (Å²) in [5, 5.41) is 0. The summed E-state index contributed by atoms with van der Waals surface area (Å²) in [5.74, 6) is 0. The Morgan fingerprint density at radius 3 is 1.71 bits per heavy atom. The molecule has 0 aliphatic heterocycles. The maximum Gasteiger partial charge on any atom is 0.661 e. The second kappa shape index (κ2) is 2.52. The van der Waals surface area contributed by atoms with Crippen LogP contribution in [-0.4, -0.2) is 38.2 Å². The van der Waals surface area contributed by atoms with Crippen molar-refractivity contribution in [3.63, 3.8) is 0 Å². The molecule has 5 nitrogen and oxygen atoms in total. The van der Waals surface area contributed by atoms with Gasteiger partial charge >= 0.3 is 9.05 Å². The van der Waals surface area contributed by atoms with Crippen LogP contribution in [0.1, 0.15) is 0 Å². The van der Waals surface area contributed by atoms with Crippen molar-refractivity contribution in [3.8, 4) is 0 Å². The van der Waals surface area contributed by atoms with Crippen molar-refractivity contribution in [2.45, 2.75) is 0 Å². The third-order valence-corrected chi connectivity index (χ3v) is 2.32. The van der Waals surface area contributed by atoms with Crippen LogP contribution in [0.25, 0.3) is 0 Å². The maximum absolute atomic E-state index is 7.92. The zero-order chi connectivity index (χ0) is 5.91. The highest BCUT2D eigenvalue weighted by atomic mass is 28.4. The van der Waals surface area contributed by atoms with E-state index in [1.807, 2.05) is 0 Å². The van der Waals surface area contributed by atoms with E-state index in [1.54, 1.807) is 0 Å². The fourth-order valence-electron chi connectivity index (χ4n) is 0.0866. The lowest BCUT2D eigenvalue weighted by molar-refractivity contribution is 0.122. The lowest BCUT2D eigenvalue weighted by Crippen LogP contribution is -2.40. The molecule has 0 rings (SSSR count). The quantitative estimate of drug-likeness (QED) is 0.299. The average Bonchev–Trinajstić information content (AvgIpc) is 1.30. The molecule has 4 N–H and O–H groups in total. The van der Waals surface area contributed by atoms with E-state index >= 15 is 0 Å². The van der Waals surface area contributed by atoms with Gasteiger partial charge in [0.05, 0.1) is 0 Å². The highest BCUT2D eigenvalue weighted by Crippen LogP contribution is 1.82. The molecule has 0 heterocycles. The second-order valence-corrected chi connectivity index (χ2v) is 3.41. The molecule has 0 amide bonds. The summed E-state index contributed by atoms with van der Waals surface area (Å²) in [6, 6.07) is 0. The summed E-state index contributed by atoms with van der Waals surface area (Å²) in [4.78, 5) is 31.6. The van der Waals surface area contributed by atoms with E-state index in [2.05, 4.69) is 4.12 Å². The predicted octanol–water partition coefficient (Wildman–Crippen LogP) is -3.59. The van der Waals surface area contributed by atoms with Crippen LogP contribution < -0.4 is 0 Å². The van der Waals surface area contributed by atoms with Crippen molar-refractivity contribution in [1.29, 1.82) is 0 Å². The standard InChI is InChI=1S/H6O5Si2/c1-6-5-7(2,3)4/h1-4H,6H2. The Hall–Kier alpha value is 0.234. The van der Waals surface area contributed by atoms with Gasteiger partial charge in [0, 0.05) is 0 Å². The normalized spacial score (nSPS) is 13.7. The predicted molar refractivity (Wildman–Crippen MR) is 24.3 cm³/mol. The summed E-state index contributed by atoms with van der Waals surface area (Å²) < 4.78 is 3.73.